The molecule has 37 heavy (non-hydrogen) atoms. The molecule has 0 spiro atoms. The molecule has 0 aliphatic rings. The molecule has 0 radical (unpaired) electrons. The first kappa shape index (κ1) is 27.9. The molecule has 0 heterocycles. The fourth-order valence-corrected chi connectivity index (χ4v) is 4.69. The molecule has 0 atom stereocenters. The van der Waals surface area contributed by atoms with Crippen molar-refractivity contribution in [3.8, 4) is 5.75 Å². The van der Waals surface area contributed by atoms with E-state index >= 15 is 0 Å². The Bertz CT molecular complexity index is 1310. The molecule has 0 unspecified atom stereocenters. The van der Waals surface area contributed by atoms with Crippen LogP contribution in [-0.4, -0.2) is 44.9 Å². The van der Waals surface area contributed by atoms with E-state index in [9.17, 15) is 18.0 Å². The summed E-state index contributed by atoms with van der Waals surface area (Å²) in [6.45, 7) is 4.63. The summed E-state index contributed by atoms with van der Waals surface area (Å²) in [5, 5.41) is 2.80. The van der Waals surface area contributed by atoms with Gasteiger partial charge in [-0.3, -0.25) is 4.79 Å². The minimum atomic E-state index is -3.73. The third kappa shape index (κ3) is 7.41. The lowest BCUT2D eigenvalue weighted by Gasteiger charge is -2.20. The second-order valence-corrected chi connectivity index (χ2v) is 10.4. The molecule has 3 aromatic rings. The van der Waals surface area contributed by atoms with Gasteiger partial charge in [-0.05, 0) is 67.9 Å². The van der Waals surface area contributed by atoms with E-state index in [2.05, 4.69) is 5.32 Å². The summed E-state index contributed by atoms with van der Waals surface area (Å²) in [4.78, 5) is 25.2. The Morgan fingerprint density at radius 1 is 0.919 bits per heavy atom. The van der Waals surface area contributed by atoms with Crippen molar-refractivity contribution in [2.45, 2.75) is 38.1 Å². The van der Waals surface area contributed by atoms with Gasteiger partial charge in [0.05, 0.1) is 23.7 Å². The molecule has 196 valence electrons. The van der Waals surface area contributed by atoms with E-state index in [1.54, 1.807) is 60.7 Å². The number of ether oxygens (including phenoxy) is 2. The third-order valence-corrected chi connectivity index (χ3v) is 7.39. The summed E-state index contributed by atoms with van der Waals surface area (Å²) >= 11 is 0. The van der Waals surface area contributed by atoms with Gasteiger partial charge in [0.1, 0.15) is 5.75 Å². The number of sulfonamides is 1. The topological polar surface area (TPSA) is 102 Å². The van der Waals surface area contributed by atoms with Crippen LogP contribution in [0, 0.1) is 0 Å². The summed E-state index contributed by atoms with van der Waals surface area (Å²) in [6, 6.07) is 19.5. The summed E-state index contributed by atoms with van der Waals surface area (Å²) in [5.41, 5.74) is 1.81. The van der Waals surface area contributed by atoms with Crippen molar-refractivity contribution in [1.82, 2.24) is 4.31 Å². The Labute approximate surface area is 218 Å². The number of carbonyl (C=O) groups excluding carboxylic acids is 2. The smallest absolute Gasteiger partial charge is 0.338 e. The number of rotatable bonds is 12. The number of hydrogen-bond donors (Lipinski definition) is 1. The molecule has 0 aliphatic carbocycles. The molecular weight excluding hydrogens is 492 g/mol. The average molecular weight is 525 g/mol. The largest absolute Gasteiger partial charge is 0.494 e. The second-order valence-electron chi connectivity index (χ2n) is 8.35. The Morgan fingerprint density at radius 3 is 2.24 bits per heavy atom. The van der Waals surface area contributed by atoms with Crippen LogP contribution >= 0.6 is 0 Å². The molecule has 0 aromatic heterocycles. The lowest BCUT2D eigenvalue weighted by molar-refractivity contribution is 0.0499. The van der Waals surface area contributed by atoms with E-state index in [1.807, 2.05) is 13.8 Å². The quantitative estimate of drug-likeness (QED) is 0.261. The van der Waals surface area contributed by atoms with Gasteiger partial charge in [0.15, 0.2) is 0 Å². The number of amides is 1. The molecule has 0 saturated carbocycles. The number of nitrogens with zero attached hydrogens (tertiary/aromatic N) is 1. The van der Waals surface area contributed by atoms with E-state index in [0.29, 0.717) is 41.3 Å². The Morgan fingerprint density at radius 2 is 1.59 bits per heavy atom. The predicted molar refractivity (Wildman–Crippen MR) is 142 cm³/mol. The van der Waals surface area contributed by atoms with Crippen molar-refractivity contribution >= 4 is 27.6 Å². The summed E-state index contributed by atoms with van der Waals surface area (Å²) in [5.74, 6) is -0.284. The molecule has 1 N–H and O–H groups in total. The minimum Gasteiger partial charge on any atom is -0.494 e. The summed E-state index contributed by atoms with van der Waals surface area (Å²) in [6.07, 6.45) is 1.74. The van der Waals surface area contributed by atoms with Crippen molar-refractivity contribution in [3.63, 3.8) is 0 Å². The lowest BCUT2D eigenvalue weighted by Crippen LogP contribution is -2.27. The van der Waals surface area contributed by atoms with Crippen LogP contribution in [0.3, 0.4) is 0 Å². The maximum absolute atomic E-state index is 13.0. The molecule has 3 aromatic carbocycles. The second kappa shape index (κ2) is 13.0. The molecule has 1 amide bonds. The van der Waals surface area contributed by atoms with Crippen LogP contribution in [0.25, 0.3) is 0 Å². The first-order chi connectivity index (χ1) is 17.8. The van der Waals surface area contributed by atoms with E-state index < -0.39 is 16.0 Å². The van der Waals surface area contributed by atoms with Gasteiger partial charge < -0.3 is 14.8 Å². The Balaban J connectivity index is 1.75. The van der Waals surface area contributed by atoms with Crippen molar-refractivity contribution < 1.29 is 27.5 Å². The lowest BCUT2D eigenvalue weighted by atomic mass is 10.1. The average Bonchev–Trinajstić information content (AvgIpc) is 2.90. The Hall–Kier alpha value is -3.69. The van der Waals surface area contributed by atoms with Crippen LogP contribution in [0.15, 0.2) is 77.7 Å². The summed E-state index contributed by atoms with van der Waals surface area (Å²) < 4.78 is 38.1. The van der Waals surface area contributed by atoms with E-state index in [4.69, 9.17) is 9.47 Å². The highest BCUT2D eigenvalue weighted by atomic mass is 32.2. The highest BCUT2D eigenvalue weighted by Gasteiger charge is 2.22. The SMILES string of the molecule is CCCCOC(=O)c1ccc(NC(=O)c2ccc(OCC)c(CN(C)S(=O)(=O)c3ccccc3)c2)cc1. The van der Waals surface area contributed by atoms with E-state index in [1.165, 1.54) is 23.5 Å². The maximum Gasteiger partial charge on any atom is 0.338 e. The van der Waals surface area contributed by atoms with Crippen LogP contribution in [0.2, 0.25) is 0 Å². The molecule has 9 heteroatoms. The van der Waals surface area contributed by atoms with Gasteiger partial charge in [0, 0.05) is 30.4 Å². The normalized spacial score (nSPS) is 11.2. The number of carbonyl (C=O) groups is 2. The van der Waals surface area contributed by atoms with Gasteiger partial charge in [0.25, 0.3) is 5.91 Å². The number of hydrogen-bond acceptors (Lipinski definition) is 6. The molecular formula is C28H32N2O6S. The van der Waals surface area contributed by atoms with Gasteiger partial charge in [-0.1, -0.05) is 31.5 Å². The van der Waals surface area contributed by atoms with Crippen LogP contribution in [-0.2, 0) is 21.3 Å². The fourth-order valence-electron chi connectivity index (χ4n) is 3.52. The molecule has 3 rings (SSSR count). The highest BCUT2D eigenvalue weighted by molar-refractivity contribution is 7.89. The summed E-state index contributed by atoms with van der Waals surface area (Å²) in [7, 11) is -2.24. The molecule has 0 aliphatic heterocycles. The standard InChI is InChI=1S/C28H32N2O6S/c1-4-6-18-36-28(32)21-12-15-24(16-13-21)29-27(31)22-14-17-26(35-5-2)23(19-22)20-30(3)37(33,34)25-10-8-7-9-11-25/h7-17,19H,4-6,18,20H2,1-3H3,(H,29,31). The predicted octanol–water partition coefficient (Wildman–Crippen LogP) is 5.12. The van der Waals surface area contributed by atoms with Gasteiger partial charge >= 0.3 is 5.97 Å². The van der Waals surface area contributed by atoms with Gasteiger partial charge in [-0.15, -0.1) is 0 Å². The zero-order valence-corrected chi connectivity index (χ0v) is 22.1. The zero-order chi connectivity index (χ0) is 26.8. The maximum atomic E-state index is 13.0. The monoisotopic (exact) mass is 524 g/mol. The number of anilines is 1. The number of unbranched alkanes of at least 4 members (excludes halogenated alkanes) is 1. The molecule has 8 nitrogen and oxygen atoms in total. The van der Waals surface area contributed by atoms with E-state index in [0.717, 1.165) is 12.8 Å². The van der Waals surface area contributed by atoms with Crippen molar-refractivity contribution in [2.24, 2.45) is 0 Å². The fraction of sp³-hybridized carbons (Fsp3) is 0.286. The van der Waals surface area contributed by atoms with Gasteiger partial charge in [-0.2, -0.15) is 4.31 Å². The van der Waals surface area contributed by atoms with Crippen molar-refractivity contribution in [3.05, 3.63) is 89.5 Å². The first-order valence-electron chi connectivity index (χ1n) is 12.1. The van der Waals surface area contributed by atoms with E-state index in [-0.39, 0.29) is 17.3 Å². The third-order valence-electron chi connectivity index (χ3n) is 5.58. The molecule has 0 fully saturated rings. The van der Waals surface area contributed by atoms with Crippen molar-refractivity contribution in [2.75, 3.05) is 25.6 Å². The first-order valence-corrected chi connectivity index (χ1v) is 13.6. The Kier molecular flexibility index (Phi) is 9.82. The zero-order valence-electron chi connectivity index (χ0n) is 21.3. The number of benzene rings is 3. The van der Waals surface area contributed by atoms with Crippen LogP contribution < -0.4 is 10.1 Å². The van der Waals surface area contributed by atoms with Gasteiger partial charge in [0.2, 0.25) is 10.0 Å². The van der Waals surface area contributed by atoms with Gasteiger partial charge in [-0.25, -0.2) is 13.2 Å². The van der Waals surface area contributed by atoms with Crippen LogP contribution in [0.5, 0.6) is 5.75 Å². The van der Waals surface area contributed by atoms with Crippen LogP contribution in [0.1, 0.15) is 53.0 Å². The minimum absolute atomic E-state index is 0.0164. The molecule has 0 saturated heterocycles. The van der Waals surface area contributed by atoms with Crippen LogP contribution in [0.4, 0.5) is 5.69 Å². The number of esters is 1. The molecule has 0 bridgehead atoms. The van der Waals surface area contributed by atoms with Crippen molar-refractivity contribution in [1.29, 1.82) is 0 Å². The highest BCUT2D eigenvalue weighted by Crippen LogP contribution is 2.25. The number of nitrogens with one attached hydrogen (secondary N) is 1.